The van der Waals surface area contributed by atoms with Gasteiger partial charge in [-0.25, -0.2) is 4.79 Å². The van der Waals surface area contributed by atoms with Crippen molar-refractivity contribution in [3.05, 3.63) is 22.4 Å². The van der Waals surface area contributed by atoms with E-state index in [9.17, 15) is 9.59 Å². The van der Waals surface area contributed by atoms with Gasteiger partial charge in [-0.15, -0.1) is 0 Å². The highest BCUT2D eigenvalue weighted by atomic mass is 16.2. The quantitative estimate of drug-likeness (QED) is 0.507. The Morgan fingerprint density at radius 1 is 1.71 bits per heavy atom. The number of carbonyl (C=O) groups excluding carboxylic acids is 1. The molecular formula is C8H14N4O2. The Balaban J connectivity index is 2.40. The van der Waals surface area contributed by atoms with Crippen LogP contribution in [0.15, 0.2) is 11.0 Å². The number of amides is 1. The van der Waals surface area contributed by atoms with Crippen molar-refractivity contribution in [3.8, 4) is 0 Å². The maximum Gasteiger partial charge on any atom is 0.323 e. The number of rotatable bonds is 4. The number of imidazole rings is 1. The Morgan fingerprint density at radius 3 is 2.93 bits per heavy atom. The molecule has 1 heterocycles. The first-order chi connectivity index (χ1) is 6.59. The molecule has 1 aromatic heterocycles. The summed E-state index contributed by atoms with van der Waals surface area (Å²) in [7, 11) is 0. The molecule has 6 heteroatoms. The summed E-state index contributed by atoms with van der Waals surface area (Å²) in [6, 6.07) is 0.0561. The van der Waals surface area contributed by atoms with Crippen LogP contribution in [0.2, 0.25) is 0 Å². The molecule has 78 valence electrons. The van der Waals surface area contributed by atoms with Gasteiger partial charge in [-0.1, -0.05) is 0 Å². The summed E-state index contributed by atoms with van der Waals surface area (Å²) in [4.78, 5) is 26.7. The maximum atomic E-state index is 11.3. The molecule has 1 amide bonds. The van der Waals surface area contributed by atoms with Gasteiger partial charge in [-0.3, -0.25) is 4.79 Å². The van der Waals surface area contributed by atoms with Gasteiger partial charge in [0.25, 0.3) is 5.91 Å². The Labute approximate surface area is 80.9 Å². The zero-order valence-electron chi connectivity index (χ0n) is 7.96. The molecule has 0 spiro atoms. The van der Waals surface area contributed by atoms with Crippen LogP contribution < -0.4 is 16.7 Å². The highest BCUT2D eigenvalue weighted by molar-refractivity contribution is 5.91. The van der Waals surface area contributed by atoms with Crippen molar-refractivity contribution in [2.75, 3.05) is 6.54 Å². The number of H-pyrrole nitrogens is 2. The third-order valence-electron chi connectivity index (χ3n) is 1.73. The fraction of sp³-hybridized carbons (Fsp3) is 0.500. The normalized spacial score (nSPS) is 12.4. The highest BCUT2D eigenvalue weighted by Crippen LogP contribution is 1.88. The van der Waals surface area contributed by atoms with E-state index in [1.165, 1.54) is 6.20 Å². The molecule has 0 bridgehead atoms. The van der Waals surface area contributed by atoms with Gasteiger partial charge >= 0.3 is 5.69 Å². The van der Waals surface area contributed by atoms with E-state index in [0.29, 0.717) is 13.0 Å². The molecule has 0 saturated carbocycles. The van der Waals surface area contributed by atoms with Crippen LogP contribution in [0.5, 0.6) is 0 Å². The second-order valence-electron chi connectivity index (χ2n) is 3.18. The monoisotopic (exact) mass is 198 g/mol. The second-order valence-corrected chi connectivity index (χ2v) is 3.18. The van der Waals surface area contributed by atoms with Gasteiger partial charge < -0.3 is 21.0 Å². The molecule has 0 aliphatic heterocycles. The summed E-state index contributed by atoms with van der Waals surface area (Å²) >= 11 is 0. The molecule has 0 saturated heterocycles. The summed E-state index contributed by atoms with van der Waals surface area (Å²) in [5.41, 5.74) is 5.36. The van der Waals surface area contributed by atoms with Gasteiger partial charge in [0.15, 0.2) is 0 Å². The smallest absolute Gasteiger partial charge is 0.323 e. The van der Waals surface area contributed by atoms with E-state index < -0.39 is 0 Å². The topological polar surface area (TPSA) is 104 Å². The van der Waals surface area contributed by atoms with Crippen molar-refractivity contribution in [1.82, 2.24) is 15.3 Å². The lowest BCUT2D eigenvalue weighted by molar-refractivity contribution is 0.0948. The number of aromatic amines is 2. The van der Waals surface area contributed by atoms with Crippen LogP contribution in [0.4, 0.5) is 0 Å². The van der Waals surface area contributed by atoms with Gasteiger partial charge in [0.2, 0.25) is 0 Å². The van der Waals surface area contributed by atoms with Gasteiger partial charge in [0, 0.05) is 18.8 Å². The summed E-state index contributed by atoms with van der Waals surface area (Å²) in [6.45, 7) is 2.37. The first-order valence-corrected chi connectivity index (χ1v) is 4.41. The third kappa shape index (κ3) is 3.06. The first kappa shape index (κ1) is 10.5. The molecule has 0 radical (unpaired) electrons. The van der Waals surface area contributed by atoms with Crippen molar-refractivity contribution >= 4 is 5.91 Å². The molecule has 1 unspecified atom stereocenters. The number of hydrogen-bond acceptors (Lipinski definition) is 3. The maximum absolute atomic E-state index is 11.3. The average Bonchev–Trinajstić information content (AvgIpc) is 2.51. The van der Waals surface area contributed by atoms with Gasteiger partial charge in [0.05, 0.1) is 0 Å². The van der Waals surface area contributed by atoms with Crippen molar-refractivity contribution in [2.24, 2.45) is 5.73 Å². The highest BCUT2D eigenvalue weighted by Gasteiger charge is 2.06. The number of nitrogens with one attached hydrogen (secondary N) is 3. The number of hydrogen-bond donors (Lipinski definition) is 4. The summed E-state index contributed by atoms with van der Waals surface area (Å²) in [5.74, 6) is -0.302. The predicted molar refractivity (Wildman–Crippen MR) is 52.0 cm³/mol. The Hall–Kier alpha value is -1.56. The SMILES string of the molecule is CC(N)CCNC(=O)c1c[nH]c(=O)[nH]1. The summed E-state index contributed by atoms with van der Waals surface area (Å²) in [6.07, 6.45) is 2.05. The second kappa shape index (κ2) is 4.61. The van der Waals surface area contributed by atoms with E-state index in [0.717, 1.165) is 0 Å². The van der Waals surface area contributed by atoms with E-state index in [1.807, 2.05) is 6.92 Å². The third-order valence-corrected chi connectivity index (χ3v) is 1.73. The molecule has 0 aliphatic carbocycles. The minimum absolute atomic E-state index is 0.0561. The van der Waals surface area contributed by atoms with Crippen LogP contribution >= 0.6 is 0 Å². The minimum Gasteiger partial charge on any atom is -0.351 e. The standard InChI is InChI=1S/C8H14N4O2/c1-5(9)2-3-10-7(13)6-4-11-8(14)12-6/h4-5H,2-3,9H2,1H3,(H,10,13)(H2,11,12,14). The molecule has 1 rings (SSSR count). The predicted octanol–water partition coefficient (Wildman–Crippen LogP) is -0.830. The molecule has 0 aromatic carbocycles. The van der Waals surface area contributed by atoms with Crippen LogP contribution in [0.1, 0.15) is 23.8 Å². The molecule has 0 fully saturated rings. The van der Waals surface area contributed by atoms with Crippen LogP contribution in [0.3, 0.4) is 0 Å². The van der Waals surface area contributed by atoms with Crippen molar-refractivity contribution in [1.29, 1.82) is 0 Å². The van der Waals surface area contributed by atoms with Crippen molar-refractivity contribution < 1.29 is 4.79 Å². The molecule has 6 nitrogen and oxygen atoms in total. The Kier molecular flexibility index (Phi) is 3.47. The van der Waals surface area contributed by atoms with Crippen LogP contribution in [-0.4, -0.2) is 28.5 Å². The van der Waals surface area contributed by atoms with Crippen LogP contribution in [0, 0.1) is 0 Å². The lowest BCUT2D eigenvalue weighted by atomic mass is 10.2. The summed E-state index contributed by atoms with van der Waals surface area (Å²) in [5, 5.41) is 2.63. The van der Waals surface area contributed by atoms with E-state index in [4.69, 9.17) is 5.73 Å². The van der Waals surface area contributed by atoms with E-state index in [-0.39, 0.29) is 23.3 Å². The number of carbonyl (C=O) groups is 1. The zero-order chi connectivity index (χ0) is 10.6. The molecular weight excluding hydrogens is 184 g/mol. The Morgan fingerprint density at radius 2 is 2.43 bits per heavy atom. The number of nitrogens with two attached hydrogens (primary N) is 1. The molecule has 1 atom stereocenters. The fourth-order valence-electron chi connectivity index (χ4n) is 0.963. The van der Waals surface area contributed by atoms with Crippen LogP contribution in [0.25, 0.3) is 0 Å². The lowest BCUT2D eigenvalue weighted by Gasteiger charge is -2.05. The van der Waals surface area contributed by atoms with E-state index in [1.54, 1.807) is 0 Å². The van der Waals surface area contributed by atoms with Crippen molar-refractivity contribution in [3.63, 3.8) is 0 Å². The fourth-order valence-corrected chi connectivity index (χ4v) is 0.963. The summed E-state index contributed by atoms with van der Waals surface area (Å²) < 4.78 is 0. The Bertz CT molecular complexity index is 352. The average molecular weight is 198 g/mol. The minimum atomic E-state index is -0.387. The lowest BCUT2D eigenvalue weighted by Crippen LogP contribution is -2.29. The first-order valence-electron chi connectivity index (χ1n) is 4.41. The van der Waals surface area contributed by atoms with Crippen LogP contribution in [-0.2, 0) is 0 Å². The largest absolute Gasteiger partial charge is 0.351 e. The molecule has 0 aliphatic rings. The van der Waals surface area contributed by atoms with E-state index in [2.05, 4.69) is 15.3 Å². The molecule has 5 N–H and O–H groups in total. The molecule has 14 heavy (non-hydrogen) atoms. The van der Waals surface area contributed by atoms with Gasteiger partial charge in [-0.05, 0) is 13.3 Å². The van der Waals surface area contributed by atoms with Gasteiger partial charge in [-0.2, -0.15) is 0 Å². The zero-order valence-corrected chi connectivity index (χ0v) is 7.96. The number of aromatic nitrogens is 2. The van der Waals surface area contributed by atoms with Gasteiger partial charge in [0.1, 0.15) is 5.69 Å². The van der Waals surface area contributed by atoms with E-state index >= 15 is 0 Å². The molecule has 1 aromatic rings. The van der Waals surface area contributed by atoms with Crippen molar-refractivity contribution in [2.45, 2.75) is 19.4 Å².